The van der Waals surface area contributed by atoms with Gasteiger partial charge in [0.05, 0.1) is 18.6 Å². The van der Waals surface area contributed by atoms with E-state index in [9.17, 15) is 9.59 Å². The lowest BCUT2D eigenvalue weighted by molar-refractivity contribution is -0.142. The zero-order valence-electron chi connectivity index (χ0n) is 14.9. The van der Waals surface area contributed by atoms with Gasteiger partial charge in [-0.2, -0.15) is 0 Å². The molecule has 0 bridgehead atoms. The van der Waals surface area contributed by atoms with Crippen LogP contribution >= 0.6 is 0 Å². The van der Waals surface area contributed by atoms with Crippen molar-refractivity contribution in [1.82, 2.24) is 19.4 Å². The van der Waals surface area contributed by atoms with Gasteiger partial charge in [0.2, 0.25) is 5.91 Å². The minimum Gasteiger partial charge on any atom is -0.381 e. The second kappa shape index (κ2) is 7.97. The number of amides is 2. The first-order chi connectivity index (χ1) is 12.1. The molecule has 0 N–H and O–H groups in total. The number of likely N-dealkylation sites (tertiary alicyclic amines) is 1. The topological polar surface area (TPSA) is 76.9 Å². The summed E-state index contributed by atoms with van der Waals surface area (Å²) in [6, 6.07) is 0.191. The van der Waals surface area contributed by atoms with Gasteiger partial charge in [-0.25, -0.2) is 4.98 Å². The Hall–Kier alpha value is -1.93. The van der Waals surface area contributed by atoms with Crippen LogP contribution in [0, 0.1) is 0 Å². The zero-order chi connectivity index (χ0) is 17.8. The minimum absolute atomic E-state index is 0.00534. The highest BCUT2D eigenvalue weighted by molar-refractivity contribution is 5.92. The normalized spacial score (nSPS) is 21.5. The maximum absolute atomic E-state index is 12.7. The summed E-state index contributed by atoms with van der Waals surface area (Å²) in [6.07, 6.45) is 5.67. The van der Waals surface area contributed by atoms with Gasteiger partial charge in [0.1, 0.15) is 12.3 Å². The third kappa shape index (κ3) is 3.85. The van der Waals surface area contributed by atoms with E-state index < -0.39 is 0 Å². The van der Waals surface area contributed by atoms with E-state index >= 15 is 0 Å². The fraction of sp³-hybridized carbons (Fsp3) is 0.706. The lowest BCUT2D eigenvalue weighted by atomic mass is 10.0. The van der Waals surface area contributed by atoms with E-state index in [0.29, 0.717) is 32.0 Å². The number of imidazole rings is 1. The van der Waals surface area contributed by atoms with Crippen LogP contribution in [0.1, 0.15) is 29.8 Å². The first kappa shape index (κ1) is 17.9. The van der Waals surface area contributed by atoms with Gasteiger partial charge in [-0.05, 0) is 19.3 Å². The van der Waals surface area contributed by atoms with Crippen LogP contribution in [0.2, 0.25) is 0 Å². The Morgan fingerprint density at radius 3 is 2.72 bits per heavy atom. The summed E-state index contributed by atoms with van der Waals surface area (Å²) >= 11 is 0. The molecule has 2 fully saturated rings. The Morgan fingerprint density at radius 1 is 1.32 bits per heavy atom. The van der Waals surface area contributed by atoms with E-state index in [0.717, 1.165) is 19.3 Å². The lowest BCUT2D eigenvalue weighted by Gasteiger charge is -2.38. The molecule has 1 atom stereocenters. The minimum atomic E-state index is -0.0337. The average Bonchev–Trinajstić information content (AvgIpc) is 3.25. The van der Waals surface area contributed by atoms with Gasteiger partial charge in [-0.1, -0.05) is 0 Å². The van der Waals surface area contributed by atoms with Crippen LogP contribution in [0.15, 0.2) is 12.5 Å². The van der Waals surface area contributed by atoms with Gasteiger partial charge >= 0.3 is 0 Å². The number of aromatic nitrogens is 2. The summed E-state index contributed by atoms with van der Waals surface area (Å²) in [5, 5.41) is 0. The average molecular weight is 350 g/mol. The van der Waals surface area contributed by atoms with E-state index in [1.54, 1.807) is 17.1 Å². The van der Waals surface area contributed by atoms with E-state index in [4.69, 9.17) is 9.47 Å². The second-order valence-corrected chi connectivity index (χ2v) is 6.66. The fourth-order valence-electron chi connectivity index (χ4n) is 3.75. The molecule has 2 amide bonds. The summed E-state index contributed by atoms with van der Waals surface area (Å²) in [5.41, 5.74) is 0.571. The zero-order valence-corrected chi connectivity index (χ0v) is 14.9. The van der Waals surface area contributed by atoms with Crippen LogP contribution in [0.25, 0.3) is 0 Å². The van der Waals surface area contributed by atoms with Gasteiger partial charge in [-0.3, -0.25) is 9.59 Å². The molecule has 25 heavy (non-hydrogen) atoms. The molecule has 8 nitrogen and oxygen atoms in total. The summed E-state index contributed by atoms with van der Waals surface area (Å²) in [4.78, 5) is 33.1. The van der Waals surface area contributed by atoms with Gasteiger partial charge in [0.15, 0.2) is 0 Å². The van der Waals surface area contributed by atoms with Crippen molar-refractivity contribution < 1.29 is 19.1 Å². The Balaban J connectivity index is 1.70. The number of nitrogens with zero attached hydrogens (tertiary/aromatic N) is 4. The lowest BCUT2D eigenvalue weighted by Crippen LogP contribution is -2.51. The number of rotatable bonds is 5. The predicted molar refractivity (Wildman–Crippen MR) is 90.1 cm³/mol. The summed E-state index contributed by atoms with van der Waals surface area (Å²) in [7, 11) is 3.34. The van der Waals surface area contributed by atoms with Crippen molar-refractivity contribution in [2.24, 2.45) is 7.05 Å². The van der Waals surface area contributed by atoms with Crippen molar-refractivity contribution in [3.8, 4) is 0 Å². The van der Waals surface area contributed by atoms with Crippen molar-refractivity contribution in [1.29, 1.82) is 0 Å². The van der Waals surface area contributed by atoms with Crippen molar-refractivity contribution in [3.63, 3.8) is 0 Å². The summed E-state index contributed by atoms with van der Waals surface area (Å²) in [5.74, 6) is -0.0390. The molecule has 0 aliphatic carbocycles. The third-order valence-corrected chi connectivity index (χ3v) is 5.02. The van der Waals surface area contributed by atoms with Gasteiger partial charge in [0, 0.05) is 46.5 Å². The highest BCUT2D eigenvalue weighted by Gasteiger charge is 2.37. The summed E-state index contributed by atoms with van der Waals surface area (Å²) < 4.78 is 12.2. The molecule has 1 unspecified atom stereocenters. The van der Waals surface area contributed by atoms with Gasteiger partial charge < -0.3 is 23.8 Å². The molecule has 1 aromatic rings. The van der Waals surface area contributed by atoms with Crippen LogP contribution < -0.4 is 0 Å². The fourth-order valence-corrected chi connectivity index (χ4v) is 3.75. The molecule has 8 heteroatoms. The van der Waals surface area contributed by atoms with Crippen LogP contribution in [-0.4, -0.2) is 83.3 Å². The summed E-state index contributed by atoms with van der Waals surface area (Å²) in [6.45, 7) is 2.62. The molecule has 0 saturated carbocycles. The quantitative estimate of drug-likeness (QED) is 0.763. The molecule has 0 radical (unpaired) electrons. The molecule has 138 valence electrons. The molecular weight excluding hydrogens is 324 g/mol. The number of ether oxygens (including phenoxy) is 2. The van der Waals surface area contributed by atoms with Crippen LogP contribution in [0.3, 0.4) is 0 Å². The van der Waals surface area contributed by atoms with E-state index in [1.807, 2.05) is 16.8 Å². The second-order valence-electron chi connectivity index (χ2n) is 6.66. The van der Waals surface area contributed by atoms with Crippen molar-refractivity contribution in [2.45, 2.75) is 31.3 Å². The number of hydrogen-bond donors (Lipinski definition) is 0. The SMILES string of the molecule is COCC(=O)N(C1CCOCC1)C1CCN(C(=O)c2cncn2C)C1. The molecular formula is C17H26N4O4. The number of aryl methyl sites for hydroxylation is 1. The highest BCUT2D eigenvalue weighted by Crippen LogP contribution is 2.24. The van der Waals surface area contributed by atoms with Crippen LogP contribution in [-0.2, 0) is 21.3 Å². The molecule has 2 aliphatic rings. The number of carbonyl (C=O) groups excluding carboxylic acids is 2. The third-order valence-electron chi connectivity index (χ3n) is 5.02. The first-order valence-corrected chi connectivity index (χ1v) is 8.75. The van der Waals surface area contributed by atoms with E-state index in [1.165, 1.54) is 7.11 Å². The van der Waals surface area contributed by atoms with Crippen LogP contribution in [0.4, 0.5) is 0 Å². The molecule has 0 spiro atoms. The Kier molecular flexibility index (Phi) is 5.70. The van der Waals surface area contributed by atoms with E-state index in [2.05, 4.69) is 4.98 Å². The van der Waals surface area contributed by atoms with Crippen LogP contribution in [0.5, 0.6) is 0 Å². The molecule has 1 aromatic heterocycles. The predicted octanol–water partition coefficient (Wildman–Crippen LogP) is 0.289. The van der Waals surface area contributed by atoms with Crippen molar-refractivity contribution in [2.75, 3.05) is 40.0 Å². The van der Waals surface area contributed by atoms with Crippen molar-refractivity contribution in [3.05, 3.63) is 18.2 Å². The first-order valence-electron chi connectivity index (χ1n) is 8.75. The maximum Gasteiger partial charge on any atom is 0.272 e. The van der Waals surface area contributed by atoms with Gasteiger partial charge in [0.25, 0.3) is 5.91 Å². The Bertz CT molecular complexity index is 612. The Labute approximate surface area is 147 Å². The standard InChI is InChI=1S/C17H26N4O4/c1-19-12-18-9-15(19)17(23)20-6-3-14(10-20)21(16(22)11-24-2)13-4-7-25-8-5-13/h9,12-14H,3-8,10-11H2,1-2H3. The smallest absolute Gasteiger partial charge is 0.272 e. The monoisotopic (exact) mass is 350 g/mol. The van der Waals surface area contributed by atoms with Gasteiger partial charge in [-0.15, -0.1) is 0 Å². The Morgan fingerprint density at radius 2 is 2.08 bits per heavy atom. The molecule has 3 heterocycles. The largest absolute Gasteiger partial charge is 0.381 e. The number of methoxy groups -OCH3 is 1. The molecule has 2 aliphatic heterocycles. The van der Waals surface area contributed by atoms with Crippen molar-refractivity contribution >= 4 is 11.8 Å². The number of carbonyl (C=O) groups is 2. The molecule has 2 saturated heterocycles. The van der Waals surface area contributed by atoms with E-state index in [-0.39, 0.29) is 30.5 Å². The number of hydrogen-bond acceptors (Lipinski definition) is 5. The highest BCUT2D eigenvalue weighted by atomic mass is 16.5. The molecule has 0 aromatic carbocycles. The molecule has 3 rings (SSSR count). The maximum atomic E-state index is 12.7.